The van der Waals surface area contributed by atoms with Gasteiger partial charge in [-0.05, 0) is 45.0 Å². The first-order valence-electron chi connectivity index (χ1n) is 9.12. The molecule has 0 amide bonds. The number of anilines is 1. The summed E-state index contributed by atoms with van der Waals surface area (Å²) in [5.74, 6) is 0. The first-order valence-corrected chi connectivity index (χ1v) is 9.53. The Bertz CT molecular complexity index is 891. The molecule has 0 radical (unpaired) electrons. The molecule has 0 aliphatic rings. The normalized spacial score (nSPS) is 10.9. The Morgan fingerprint density at radius 2 is 1.89 bits per heavy atom. The summed E-state index contributed by atoms with van der Waals surface area (Å²) in [7, 11) is 0. The van der Waals surface area contributed by atoms with Crippen LogP contribution in [-0.2, 0) is 19.6 Å². The van der Waals surface area contributed by atoms with Crippen LogP contribution < -0.4 is 10.6 Å². The molecular weight excluding hydrogens is 360 g/mol. The van der Waals surface area contributed by atoms with Gasteiger partial charge in [0, 0.05) is 43.3 Å². The van der Waals surface area contributed by atoms with E-state index in [2.05, 4.69) is 39.8 Å². The van der Waals surface area contributed by atoms with Crippen molar-refractivity contribution in [1.29, 1.82) is 0 Å². The largest absolute Gasteiger partial charge is 0.362 e. The number of hydrogen-bond acceptors (Lipinski definition) is 4. The Kier molecular flexibility index (Phi) is 6.23. The topological polar surface area (TPSA) is 77.5 Å². The fraction of sp³-hybridized carbons (Fsp3) is 0.444. The van der Waals surface area contributed by atoms with Crippen LogP contribution in [0.3, 0.4) is 0 Å². The third kappa shape index (κ3) is 5.16. The Hall–Kier alpha value is -2.68. The summed E-state index contributed by atoms with van der Waals surface area (Å²) in [6.45, 7) is 9.43. The molecule has 144 valence electrons. The van der Waals surface area contributed by atoms with Crippen molar-refractivity contribution in [2.24, 2.45) is 0 Å². The predicted octanol–water partition coefficient (Wildman–Crippen LogP) is 2.34. The molecule has 8 nitrogen and oxygen atoms in total. The first kappa shape index (κ1) is 19.1. The minimum absolute atomic E-state index is 0.598. The van der Waals surface area contributed by atoms with Gasteiger partial charge in [-0.15, -0.1) is 0 Å². The standard InChI is InChI=1S/C18H26N8S/c1-4-26-15(3)16(9-22-26)12-25-13-17(10-21-25)23-18(27)19-6-5-7-24-11-14(2)8-20-24/h8-11,13H,4-7,12H2,1-3H3,(H2,19,23,27). The predicted molar refractivity (Wildman–Crippen MR) is 110 cm³/mol. The summed E-state index contributed by atoms with van der Waals surface area (Å²) in [5.41, 5.74) is 4.39. The first-order chi connectivity index (χ1) is 13.0. The molecule has 27 heavy (non-hydrogen) atoms. The van der Waals surface area contributed by atoms with E-state index in [0.29, 0.717) is 11.7 Å². The summed E-state index contributed by atoms with van der Waals surface area (Å²) in [6, 6.07) is 0. The fourth-order valence-electron chi connectivity index (χ4n) is 2.86. The SMILES string of the molecule is CCn1ncc(Cn2cc(NC(=S)NCCCn3cc(C)cn3)cn2)c1C. The van der Waals surface area contributed by atoms with E-state index in [-0.39, 0.29) is 0 Å². The van der Waals surface area contributed by atoms with Crippen molar-refractivity contribution in [3.05, 3.63) is 47.8 Å². The summed E-state index contributed by atoms with van der Waals surface area (Å²) in [4.78, 5) is 0. The van der Waals surface area contributed by atoms with E-state index in [1.165, 1.54) is 16.8 Å². The zero-order valence-electron chi connectivity index (χ0n) is 16.0. The molecule has 0 fully saturated rings. The molecule has 3 aromatic heterocycles. The van der Waals surface area contributed by atoms with Crippen LogP contribution in [-0.4, -0.2) is 41.0 Å². The second-order valence-electron chi connectivity index (χ2n) is 6.51. The van der Waals surface area contributed by atoms with Crippen LogP contribution in [0.1, 0.15) is 30.2 Å². The number of thiocarbonyl (C=S) groups is 1. The van der Waals surface area contributed by atoms with Crippen LogP contribution in [0.25, 0.3) is 0 Å². The number of hydrogen-bond donors (Lipinski definition) is 2. The van der Waals surface area contributed by atoms with Gasteiger partial charge in [-0.1, -0.05) is 0 Å². The quantitative estimate of drug-likeness (QED) is 0.457. The maximum Gasteiger partial charge on any atom is 0.170 e. The van der Waals surface area contributed by atoms with Crippen molar-refractivity contribution in [3.63, 3.8) is 0 Å². The van der Waals surface area contributed by atoms with E-state index in [9.17, 15) is 0 Å². The molecule has 0 aromatic carbocycles. The average molecular weight is 387 g/mol. The van der Waals surface area contributed by atoms with Crippen molar-refractivity contribution in [3.8, 4) is 0 Å². The molecule has 2 N–H and O–H groups in total. The van der Waals surface area contributed by atoms with E-state index in [1.807, 2.05) is 45.8 Å². The Labute approximate surface area is 164 Å². The zero-order valence-corrected chi connectivity index (χ0v) is 16.8. The van der Waals surface area contributed by atoms with Gasteiger partial charge in [0.05, 0.1) is 30.8 Å². The summed E-state index contributed by atoms with van der Waals surface area (Å²) >= 11 is 5.35. The number of rotatable bonds is 8. The minimum atomic E-state index is 0.598. The highest BCUT2D eigenvalue weighted by atomic mass is 32.1. The molecule has 0 spiro atoms. The van der Waals surface area contributed by atoms with Gasteiger partial charge in [0.25, 0.3) is 0 Å². The maximum absolute atomic E-state index is 5.35. The van der Waals surface area contributed by atoms with Gasteiger partial charge in [0.2, 0.25) is 0 Å². The van der Waals surface area contributed by atoms with Gasteiger partial charge in [0.1, 0.15) is 0 Å². The maximum atomic E-state index is 5.35. The van der Waals surface area contributed by atoms with Gasteiger partial charge >= 0.3 is 0 Å². The highest BCUT2D eigenvalue weighted by molar-refractivity contribution is 7.80. The van der Waals surface area contributed by atoms with Crippen molar-refractivity contribution >= 4 is 23.0 Å². The van der Waals surface area contributed by atoms with Gasteiger partial charge in [-0.2, -0.15) is 15.3 Å². The summed E-state index contributed by atoms with van der Waals surface area (Å²) in [5, 5.41) is 20.0. The monoisotopic (exact) mass is 386 g/mol. The second-order valence-corrected chi connectivity index (χ2v) is 6.92. The lowest BCUT2D eigenvalue weighted by atomic mass is 10.2. The van der Waals surface area contributed by atoms with Crippen molar-refractivity contribution in [2.75, 3.05) is 11.9 Å². The Morgan fingerprint density at radius 1 is 1.07 bits per heavy atom. The number of aryl methyl sites for hydroxylation is 3. The number of nitrogens with zero attached hydrogens (tertiary/aromatic N) is 6. The fourth-order valence-corrected chi connectivity index (χ4v) is 3.08. The lowest BCUT2D eigenvalue weighted by Crippen LogP contribution is -2.29. The molecule has 0 unspecified atom stereocenters. The van der Waals surface area contributed by atoms with E-state index in [4.69, 9.17) is 12.2 Å². The molecule has 0 aliphatic heterocycles. The Balaban J connectivity index is 1.42. The van der Waals surface area contributed by atoms with Crippen LogP contribution in [0.15, 0.2) is 31.0 Å². The highest BCUT2D eigenvalue weighted by Gasteiger charge is 2.07. The van der Waals surface area contributed by atoms with E-state index in [0.717, 1.165) is 31.7 Å². The third-order valence-electron chi connectivity index (χ3n) is 4.34. The van der Waals surface area contributed by atoms with Gasteiger partial charge in [0.15, 0.2) is 5.11 Å². The molecule has 3 heterocycles. The lowest BCUT2D eigenvalue weighted by Gasteiger charge is -2.09. The molecule has 0 aliphatic carbocycles. The second kappa shape index (κ2) is 8.81. The molecular formula is C18H26N8S. The minimum Gasteiger partial charge on any atom is -0.362 e. The van der Waals surface area contributed by atoms with Crippen molar-refractivity contribution in [1.82, 2.24) is 34.7 Å². The molecule has 0 atom stereocenters. The lowest BCUT2D eigenvalue weighted by molar-refractivity contribution is 0.573. The van der Waals surface area contributed by atoms with E-state index in [1.54, 1.807) is 6.20 Å². The summed E-state index contributed by atoms with van der Waals surface area (Å²) < 4.78 is 5.82. The van der Waals surface area contributed by atoms with Crippen molar-refractivity contribution < 1.29 is 0 Å². The highest BCUT2D eigenvalue weighted by Crippen LogP contribution is 2.11. The Morgan fingerprint density at radius 3 is 2.59 bits per heavy atom. The van der Waals surface area contributed by atoms with E-state index < -0.39 is 0 Å². The number of aromatic nitrogens is 6. The smallest absolute Gasteiger partial charge is 0.170 e. The molecule has 3 aromatic rings. The van der Waals surface area contributed by atoms with Crippen molar-refractivity contribution in [2.45, 2.75) is 46.8 Å². The van der Waals surface area contributed by atoms with E-state index >= 15 is 0 Å². The van der Waals surface area contributed by atoms with Crippen LogP contribution in [0.5, 0.6) is 0 Å². The number of nitrogens with one attached hydrogen (secondary N) is 2. The molecule has 9 heteroatoms. The third-order valence-corrected chi connectivity index (χ3v) is 4.59. The van der Waals surface area contributed by atoms with Gasteiger partial charge in [-0.25, -0.2) is 0 Å². The van der Waals surface area contributed by atoms with Crippen LogP contribution >= 0.6 is 12.2 Å². The average Bonchev–Trinajstić information content (AvgIpc) is 3.34. The summed E-state index contributed by atoms with van der Waals surface area (Å²) in [6.07, 6.45) is 10.5. The molecule has 3 rings (SSSR count). The molecule has 0 saturated carbocycles. The van der Waals surface area contributed by atoms with Gasteiger partial charge < -0.3 is 10.6 Å². The van der Waals surface area contributed by atoms with Crippen LogP contribution in [0.2, 0.25) is 0 Å². The van der Waals surface area contributed by atoms with Gasteiger partial charge in [-0.3, -0.25) is 14.0 Å². The molecule has 0 saturated heterocycles. The van der Waals surface area contributed by atoms with Crippen LogP contribution in [0.4, 0.5) is 5.69 Å². The zero-order chi connectivity index (χ0) is 19.2. The van der Waals surface area contributed by atoms with Crippen LogP contribution in [0, 0.1) is 13.8 Å². The molecule has 0 bridgehead atoms.